The molecular weight excluding hydrogens is 430 g/mol. The zero-order valence-electron chi connectivity index (χ0n) is 19.1. The van der Waals surface area contributed by atoms with Gasteiger partial charge >= 0.3 is 11.7 Å². The number of nitrogens with zero attached hydrogens (tertiary/aromatic N) is 3. The Morgan fingerprint density at radius 3 is 2.52 bits per heavy atom. The Balaban J connectivity index is 1.64. The first-order valence-corrected chi connectivity index (χ1v) is 10.0. The average molecular weight is 455 g/mol. The molecule has 0 fully saturated rings. The minimum atomic E-state index is -0.624. The summed E-state index contributed by atoms with van der Waals surface area (Å²) in [5.41, 5.74) is 1.66. The number of hydrogen-bond acceptors (Lipinski definition) is 8. The first kappa shape index (κ1) is 23.6. The summed E-state index contributed by atoms with van der Waals surface area (Å²) in [5.74, 6) is 1.09. The van der Waals surface area contributed by atoms with Crippen molar-refractivity contribution in [3.8, 4) is 11.5 Å². The van der Waals surface area contributed by atoms with E-state index in [9.17, 15) is 14.4 Å². The maximum absolute atomic E-state index is 12.1. The van der Waals surface area contributed by atoms with Gasteiger partial charge in [0.1, 0.15) is 19.0 Å². The number of rotatable bonds is 8. The minimum Gasteiger partial charge on any atom is -0.493 e. The lowest BCUT2D eigenvalue weighted by atomic mass is 10.2. The molecule has 0 spiro atoms. The molecule has 2 aromatic heterocycles. The van der Waals surface area contributed by atoms with E-state index in [2.05, 4.69) is 5.16 Å². The summed E-state index contributed by atoms with van der Waals surface area (Å²) in [6, 6.07) is 6.47. The first-order chi connectivity index (χ1) is 15.7. The second-order valence-corrected chi connectivity index (χ2v) is 7.32. The molecule has 0 bridgehead atoms. The van der Waals surface area contributed by atoms with Gasteiger partial charge in [-0.3, -0.25) is 13.9 Å². The van der Waals surface area contributed by atoms with Crippen molar-refractivity contribution >= 4 is 12.0 Å². The molecule has 0 aliphatic heterocycles. The third kappa shape index (κ3) is 5.40. The van der Waals surface area contributed by atoms with Gasteiger partial charge in [-0.2, -0.15) is 0 Å². The van der Waals surface area contributed by atoms with Crippen molar-refractivity contribution in [3.05, 3.63) is 79.5 Å². The first-order valence-electron chi connectivity index (χ1n) is 10.0. The second-order valence-electron chi connectivity index (χ2n) is 7.32. The molecule has 0 aliphatic carbocycles. The summed E-state index contributed by atoms with van der Waals surface area (Å²) < 4.78 is 23.8. The van der Waals surface area contributed by atoms with Crippen LogP contribution < -0.4 is 20.7 Å². The normalized spacial score (nSPS) is 11.1. The van der Waals surface area contributed by atoms with Gasteiger partial charge in [0.25, 0.3) is 5.56 Å². The molecule has 1 aromatic carbocycles. The number of hydrogen-bond donors (Lipinski definition) is 0. The van der Waals surface area contributed by atoms with Crippen LogP contribution >= 0.6 is 0 Å². The van der Waals surface area contributed by atoms with Gasteiger partial charge in [0.05, 0.1) is 24.1 Å². The van der Waals surface area contributed by atoms with E-state index in [4.69, 9.17) is 18.7 Å². The van der Waals surface area contributed by atoms with Crippen LogP contribution in [0.3, 0.4) is 0 Å². The lowest BCUT2D eigenvalue weighted by Gasteiger charge is -2.11. The minimum absolute atomic E-state index is 0.206. The predicted molar refractivity (Wildman–Crippen MR) is 119 cm³/mol. The Labute approximate surface area is 189 Å². The Morgan fingerprint density at radius 2 is 1.85 bits per heavy atom. The zero-order chi connectivity index (χ0) is 24.1. The van der Waals surface area contributed by atoms with E-state index in [1.807, 2.05) is 13.8 Å². The lowest BCUT2D eigenvalue weighted by Crippen LogP contribution is -2.38. The number of ether oxygens (including phenoxy) is 3. The molecular formula is C23H25N3O7. The summed E-state index contributed by atoms with van der Waals surface area (Å²) in [6.45, 7) is 3.74. The Bertz CT molecular complexity index is 1300. The van der Waals surface area contributed by atoms with E-state index in [-0.39, 0.29) is 13.2 Å². The van der Waals surface area contributed by atoms with Crippen LogP contribution in [0.25, 0.3) is 6.08 Å². The number of methoxy groups -OCH3 is 1. The second kappa shape index (κ2) is 10.0. The molecule has 0 unspecified atom stereocenters. The number of benzene rings is 1. The predicted octanol–water partition coefficient (Wildman–Crippen LogP) is 2.03. The highest BCUT2D eigenvalue weighted by molar-refractivity contribution is 5.87. The molecule has 0 N–H and O–H groups in total. The van der Waals surface area contributed by atoms with E-state index >= 15 is 0 Å². The van der Waals surface area contributed by atoms with E-state index in [1.54, 1.807) is 24.3 Å². The van der Waals surface area contributed by atoms with Crippen molar-refractivity contribution in [1.82, 2.24) is 14.3 Å². The van der Waals surface area contributed by atoms with Crippen LogP contribution in [0.5, 0.6) is 11.5 Å². The molecule has 3 aromatic rings. The molecule has 10 heteroatoms. The van der Waals surface area contributed by atoms with Gasteiger partial charge in [0, 0.05) is 26.2 Å². The molecule has 0 aliphatic rings. The standard InChI is InChI=1S/C23H25N3O7/c1-14-18(15(2)33-24-14)13-31-19-8-6-16(10-20(19)30-5)7-9-22(28)32-12-17-11-21(27)26(4)23(29)25(17)3/h6-11H,12-13H2,1-5H3/b9-7+. The van der Waals surface area contributed by atoms with Crippen molar-refractivity contribution in [2.45, 2.75) is 27.1 Å². The third-order valence-electron chi connectivity index (χ3n) is 5.14. The molecule has 33 heavy (non-hydrogen) atoms. The Hall–Kier alpha value is -4.08. The van der Waals surface area contributed by atoms with Crippen LogP contribution in [0.2, 0.25) is 0 Å². The number of esters is 1. The maximum atomic E-state index is 12.1. The van der Waals surface area contributed by atoms with Gasteiger partial charge in [0.2, 0.25) is 0 Å². The fourth-order valence-electron chi connectivity index (χ4n) is 3.04. The van der Waals surface area contributed by atoms with Crippen LogP contribution in [0, 0.1) is 13.8 Å². The zero-order valence-corrected chi connectivity index (χ0v) is 19.1. The van der Waals surface area contributed by atoms with E-state index in [0.717, 1.165) is 15.8 Å². The van der Waals surface area contributed by atoms with Gasteiger partial charge < -0.3 is 18.7 Å². The monoisotopic (exact) mass is 455 g/mol. The molecule has 0 atom stereocenters. The van der Waals surface area contributed by atoms with Gasteiger partial charge in [0.15, 0.2) is 11.5 Å². The summed E-state index contributed by atoms with van der Waals surface area (Å²) >= 11 is 0. The maximum Gasteiger partial charge on any atom is 0.331 e. The number of aryl methyl sites for hydroxylation is 2. The van der Waals surface area contributed by atoms with E-state index in [0.29, 0.717) is 28.5 Å². The van der Waals surface area contributed by atoms with Gasteiger partial charge in [-0.05, 0) is 37.6 Å². The molecule has 0 saturated heterocycles. The highest BCUT2D eigenvalue weighted by Crippen LogP contribution is 2.30. The summed E-state index contributed by atoms with van der Waals surface area (Å²) in [4.78, 5) is 35.8. The molecule has 174 valence electrons. The van der Waals surface area contributed by atoms with Crippen LogP contribution in [0.4, 0.5) is 0 Å². The van der Waals surface area contributed by atoms with Crippen LogP contribution in [0.1, 0.15) is 28.3 Å². The largest absolute Gasteiger partial charge is 0.493 e. The molecule has 0 radical (unpaired) electrons. The van der Waals surface area contributed by atoms with Crippen molar-refractivity contribution in [2.24, 2.45) is 14.1 Å². The number of aromatic nitrogens is 3. The lowest BCUT2D eigenvalue weighted by molar-refractivity contribution is -0.139. The van der Waals surface area contributed by atoms with Gasteiger partial charge in [-0.1, -0.05) is 11.2 Å². The van der Waals surface area contributed by atoms with Crippen molar-refractivity contribution < 1.29 is 23.5 Å². The van der Waals surface area contributed by atoms with Crippen molar-refractivity contribution in [1.29, 1.82) is 0 Å². The summed E-state index contributed by atoms with van der Waals surface area (Å²) in [5, 5.41) is 3.91. The number of carbonyl (C=O) groups excluding carboxylic acids is 1. The van der Waals surface area contributed by atoms with E-state index < -0.39 is 17.2 Å². The number of carbonyl (C=O) groups is 1. The van der Waals surface area contributed by atoms with Gasteiger partial charge in [-0.15, -0.1) is 0 Å². The average Bonchev–Trinajstić information content (AvgIpc) is 3.13. The summed E-state index contributed by atoms with van der Waals surface area (Å²) in [6.07, 6.45) is 2.81. The molecule has 2 heterocycles. The van der Waals surface area contributed by atoms with E-state index in [1.165, 1.54) is 37.9 Å². The molecule has 0 amide bonds. The highest BCUT2D eigenvalue weighted by atomic mass is 16.5. The quantitative estimate of drug-likeness (QED) is 0.374. The molecule has 0 saturated carbocycles. The fraction of sp³-hybridized carbons (Fsp3) is 0.304. The SMILES string of the molecule is COc1cc(/C=C/C(=O)OCc2cc(=O)n(C)c(=O)n2C)ccc1OCc1c(C)noc1C. The van der Waals surface area contributed by atoms with Crippen LogP contribution in [0.15, 0.2) is 44.5 Å². The third-order valence-corrected chi connectivity index (χ3v) is 5.14. The molecule has 3 rings (SSSR count). The Morgan fingerprint density at radius 1 is 1.09 bits per heavy atom. The smallest absolute Gasteiger partial charge is 0.331 e. The van der Waals surface area contributed by atoms with Crippen molar-refractivity contribution in [3.63, 3.8) is 0 Å². The topological polar surface area (TPSA) is 115 Å². The van der Waals surface area contributed by atoms with Crippen molar-refractivity contribution in [2.75, 3.05) is 7.11 Å². The van der Waals surface area contributed by atoms with Crippen LogP contribution in [-0.2, 0) is 36.8 Å². The highest BCUT2D eigenvalue weighted by Gasteiger charge is 2.12. The summed E-state index contributed by atoms with van der Waals surface area (Å²) in [7, 11) is 4.40. The Kier molecular flexibility index (Phi) is 7.17. The van der Waals surface area contributed by atoms with Crippen LogP contribution in [-0.4, -0.2) is 27.4 Å². The fourth-order valence-corrected chi connectivity index (χ4v) is 3.04. The van der Waals surface area contributed by atoms with Gasteiger partial charge in [-0.25, -0.2) is 9.59 Å². The molecule has 10 nitrogen and oxygen atoms in total.